The molecule has 128 valence electrons. The molecule has 0 aliphatic rings. The van der Waals surface area contributed by atoms with Crippen LogP contribution >= 0.6 is 0 Å². The number of carbonyl (C=O) groups is 2. The number of rotatable bonds is 6. The summed E-state index contributed by atoms with van der Waals surface area (Å²) in [6, 6.07) is 4.94. The van der Waals surface area contributed by atoms with Crippen LogP contribution < -0.4 is 10.6 Å². The molecule has 2 amide bonds. The van der Waals surface area contributed by atoms with E-state index in [-0.39, 0.29) is 13.2 Å². The largest absolute Gasteiger partial charge is 0.444 e. The van der Waals surface area contributed by atoms with Gasteiger partial charge in [-0.15, -0.1) is 0 Å². The van der Waals surface area contributed by atoms with Crippen LogP contribution in [0.25, 0.3) is 0 Å². The molecule has 0 bridgehead atoms. The first-order valence-corrected chi connectivity index (χ1v) is 7.22. The minimum Gasteiger partial charge on any atom is -0.444 e. The van der Waals surface area contributed by atoms with Gasteiger partial charge in [0.15, 0.2) is 0 Å². The summed E-state index contributed by atoms with van der Waals surface area (Å²) in [7, 11) is 1.43. The zero-order valence-electron chi connectivity index (χ0n) is 13.8. The Morgan fingerprint density at radius 2 is 2.00 bits per heavy atom. The Balaban J connectivity index is 2.80. The molecule has 6 nitrogen and oxygen atoms in total. The minimum absolute atomic E-state index is 0.00842. The second-order valence-corrected chi connectivity index (χ2v) is 6.01. The van der Waals surface area contributed by atoms with Crippen molar-refractivity contribution >= 4 is 12.0 Å². The molecule has 1 rings (SSSR count). The van der Waals surface area contributed by atoms with Crippen molar-refractivity contribution < 1.29 is 23.5 Å². The number of methoxy groups -OCH3 is 1. The molecule has 1 atom stereocenters. The first kappa shape index (κ1) is 18.9. The third-order valence-corrected chi connectivity index (χ3v) is 2.73. The molecule has 1 aromatic carbocycles. The summed E-state index contributed by atoms with van der Waals surface area (Å²) in [5.74, 6) is -0.849. The van der Waals surface area contributed by atoms with Crippen LogP contribution in [0.2, 0.25) is 0 Å². The monoisotopic (exact) mass is 326 g/mol. The maximum absolute atomic E-state index is 13.3. The van der Waals surface area contributed by atoms with E-state index in [1.54, 1.807) is 32.9 Å². The van der Waals surface area contributed by atoms with Gasteiger partial charge in [-0.05, 0) is 38.5 Å². The fourth-order valence-electron chi connectivity index (χ4n) is 1.83. The number of amides is 2. The van der Waals surface area contributed by atoms with Gasteiger partial charge >= 0.3 is 6.09 Å². The predicted octanol–water partition coefficient (Wildman–Crippen LogP) is 1.98. The quantitative estimate of drug-likeness (QED) is 0.784. The van der Waals surface area contributed by atoms with Gasteiger partial charge in [-0.3, -0.25) is 4.79 Å². The Morgan fingerprint density at radius 1 is 1.30 bits per heavy atom. The molecule has 0 saturated carbocycles. The number of carbonyl (C=O) groups excluding carboxylic acids is 2. The van der Waals surface area contributed by atoms with Gasteiger partial charge in [0.1, 0.15) is 24.2 Å². The van der Waals surface area contributed by atoms with Crippen molar-refractivity contribution in [3.63, 3.8) is 0 Å². The van der Waals surface area contributed by atoms with Gasteiger partial charge in [0.2, 0.25) is 5.91 Å². The van der Waals surface area contributed by atoms with E-state index in [0.717, 1.165) is 0 Å². The van der Waals surface area contributed by atoms with E-state index in [9.17, 15) is 14.0 Å². The molecule has 0 aromatic heterocycles. The average Bonchev–Trinajstić information content (AvgIpc) is 2.42. The molecule has 0 heterocycles. The zero-order chi connectivity index (χ0) is 17.5. The number of nitrogens with one attached hydrogen (secondary N) is 2. The third kappa shape index (κ3) is 7.60. The van der Waals surface area contributed by atoms with E-state index in [1.165, 1.54) is 19.2 Å². The van der Waals surface area contributed by atoms with Gasteiger partial charge in [0, 0.05) is 13.5 Å². The summed E-state index contributed by atoms with van der Waals surface area (Å²) in [4.78, 5) is 24.0. The molecule has 0 radical (unpaired) electrons. The van der Waals surface area contributed by atoms with Crippen molar-refractivity contribution in [3.8, 4) is 0 Å². The smallest absolute Gasteiger partial charge is 0.408 e. The summed E-state index contributed by atoms with van der Waals surface area (Å²) in [6.07, 6.45) is -0.585. The van der Waals surface area contributed by atoms with Crippen molar-refractivity contribution in [1.29, 1.82) is 0 Å². The number of ether oxygens (including phenoxy) is 2. The normalized spacial score (nSPS) is 12.4. The lowest BCUT2D eigenvalue weighted by atomic mass is 10.1. The number of hydrogen-bond acceptors (Lipinski definition) is 4. The topological polar surface area (TPSA) is 76.7 Å². The molecule has 23 heavy (non-hydrogen) atoms. The van der Waals surface area contributed by atoms with Gasteiger partial charge in [-0.25, -0.2) is 9.18 Å². The van der Waals surface area contributed by atoms with Crippen molar-refractivity contribution in [3.05, 3.63) is 35.6 Å². The highest BCUT2D eigenvalue weighted by atomic mass is 19.1. The summed E-state index contributed by atoms with van der Waals surface area (Å²) >= 11 is 0. The molecule has 0 aliphatic carbocycles. The Labute approximate surface area is 135 Å². The molecular weight excluding hydrogens is 303 g/mol. The SMILES string of the molecule is COCNC(=O)C(Cc1cccc(F)c1)NC(=O)OC(C)(C)C. The fourth-order valence-corrected chi connectivity index (χ4v) is 1.83. The van der Waals surface area contributed by atoms with E-state index in [2.05, 4.69) is 10.6 Å². The van der Waals surface area contributed by atoms with Crippen molar-refractivity contribution in [1.82, 2.24) is 10.6 Å². The van der Waals surface area contributed by atoms with Gasteiger partial charge in [0.05, 0.1) is 0 Å². The molecule has 0 aliphatic heterocycles. The second-order valence-electron chi connectivity index (χ2n) is 6.01. The maximum Gasteiger partial charge on any atom is 0.408 e. The molecule has 2 N–H and O–H groups in total. The van der Waals surface area contributed by atoms with Crippen molar-refractivity contribution in [2.45, 2.75) is 38.8 Å². The molecule has 0 fully saturated rings. The van der Waals surface area contributed by atoms with Crippen LogP contribution in [0.3, 0.4) is 0 Å². The Morgan fingerprint density at radius 3 is 2.57 bits per heavy atom. The predicted molar refractivity (Wildman–Crippen MR) is 83.3 cm³/mol. The summed E-state index contributed by atoms with van der Waals surface area (Å²) in [5, 5.41) is 5.01. The molecule has 0 spiro atoms. The van der Waals surface area contributed by atoms with Crippen LogP contribution in [0.5, 0.6) is 0 Å². The standard InChI is InChI=1S/C16H23FN2O4/c1-16(2,3)23-15(21)19-13(14(20)18-10-22-4)9-11-6-5-7-12(17)8-11/h5-8,13H,9-10H2,1-4H3,(H,18,20)(H,19,21). The zero-order valence-corrected chi connectivity index (χ0v) is 13.8. The summed E-state index contributed by atoms with van der Waals surface area (Å²) in [6.45, 7) is 5.17. The fraction of sp³-hybridized carbons (Fsp3) is 0.500. The maximum atomic E-state index is 13.3. The van der Waals surface area contributed by atoms with Gasteiger partial charge in [0.25, 0.3) is 0 Å². The first-order chi connectivity index (χ1) is 10.7. The van der Waals surface area contributed by atoms with E-state index in [0.29, 0.717) is 5.56 Å². The van der Waals surface area contributed by atoms with E-state index in [4.69, 9.17) is 9.47 Å². The highest BCUT2D eigenvalue weighted by Crippen LogP contribution is 2.09. The lowest BCUT2D eigenvalue weighted by Gasteiger charge is -2.23. The van der Waals surface area contributed by atoms with Crippen LogP contribution in [-0.4, -0.2) is 37.5 Å². The van der Waals surface area contributed by atoms with Crippen molar-refractivity contribution in [2.75, 3.05) is 13.8 Å². The number of benzene rings is 1. The van der Waals surface area contributed by atoms with Crippen molar-refractivity contribution in [2.24, 2.45) is 0 Å². The lowest BCUT2D eigenvalue weighted by molar-refractivity contribution is -0.124. The number of hydrogen-bond donors (Lipinski definition) is 2. The van der Waals surface area contributed by atoms with E-state index in [1.807, 2.05) is 0 Å². The first-order valence-electron chi connectivity index (χ1n) is 7.22. The Bertz CT molecular complexity index is 543. The van der Waals surface area contributed by atoms with Crippen LogP contribution in [0.1, 0.15) is 26.3 Å². The number of alkyl carbamates (subject to hydrolysis) is 1. The van der Waals surface area contributed by atoms with Crippen LogP contribution in [-0.2, 0) is 20.7 Å². The number of halogens is 1. The average molecular weight is 326 g/mol. The van der Waals surface area contributed by atoms with Gasteiger partial charge in [-0.1, -0.05) is 12.1 Å². The second kappa shape index (κ2) is 8.47. The van der Waals surface area contributed by atoms with Crippen LogP contribution in [0, 0.1) is 5.82 Å². The lowest BCUT2D eigenvalue weighted by Crippen LogP contribution is -2.49. The Kier molecular flexibility index (Phi) is 6.96. The minimum atomic E-state index is -0.901. The van der Waals surface area contributed by atoms with E-state index < -0.39 is 29.5 Å². The molecule has 1 aromatic rings. The summed E-state index contributed by atoms with van der Waals surface area (Å²) < 4.78 is 23.2. The molecule has 7 heteroatoms. The van der Waals surface area contributed by atoms with Crippen LogP contribution in [0.15, 0.2) is 24.3 Å². The van der Waals surface area contributed by atoms with Crippen LogP contribution in [0.4, 0.5) is 9.18 Å². The molecule has 1 unspecified atom stereocenters. The van der Waals surface area contributed by atoms with Gasteiger partial charge in [-0.2, -0.15) is 0 Å². The highest BCUT2D eigenvalue weighted by molar-refractivity contribution is 5.85. The summed E-state index contributed by atoms with van der Waals surface area (Å²) in [5.41, 5.74) is -0.102. The Hall–Kier alpha value is -2.15. The van der Waals surface area contributed by atoms with Gasteiger partial charge < -0.3 is 20.1 Å². The highest BCUT2D eigenvalue weighted by Gasteiger charge is 2.24. The third-order valence-electron chi connectivity index (χ3n) is 2.73. The van der Waals surface area contributed by atoms with E-state index >= 15 is 0 Å². The molecule has 0 saturated heterocycles. The molecular formula is C16H23FN2O4.